The summed E-state index contributed by atoms with van der Waals surface area (Å²) in [7, 11) is -0.360. The lowest BCUT2D eigenvalue weighted by molar-refractivity contribution is 0.540. The highest BCUT2D eigenvalue weighted by Crippen LogP contribution is 2.48. The molecule has 2 aliphatic rings. The van der Waals surface area contributed by atoms with E-state index in [1.54, 1.807) is 0 Å². The molecule has 3 heterocycles. The molecule has 1 aromatic heterocycles. The van der Waals surface area contributed by atoms with Crippen LogP contribution in [0.5, 0.6) is 5.75 Å². The zero-order valence-electron chi connectivity index (χ0n) is 26.0. The highest BCUT2D eigenvalue weighted by Gasteiger charge is 2.47. The molecule has 5 aromatic rings. The minimum atomic E-state index is -0.360. The minimum absolute atomic E-state index is 0.00117. The Morgan fingerprint density at radius 1 is 0.714 bits per heavy atom. The van der Waals surface area contributed by atoms with Gasteiger partial charge in [-0.3, -0.25) is 0 Å². The topological polar surface area (TPSA) is 27.1 Å². The third kappa shape index (κ3) is 3.91. The second-order valence-electron chi connectivity index (χ2n) is 14.5. The zero-order chi connectivity index (χ0) is 29.6. The molecule has 4 heteroatoms. The van der Waals surface area contributed by atoms with Gasteiger partial charge < -0.3 is 9.13 Å². The van der Waals surface area contributed by atoms with Gasteiger partial charge in [-0.25, -0.2) is 4.98 Å². The maximum atomic E-state index is 7.14. The Morgan fingerprint density at radius 3 is 2.05 bits per heavy atom. The normalized spacial score (nSPS) is 15.0. The molecule has 210 valence electrons. The average Bonchev–Trinajstić information content (AvgIpc) is 3.36. The van der Waals surface area contributed by atoms with Gasteiger partial charge >= 0.3 is 7.05 Å². The lowest BCUT2D eigenvalue weighted by atomic mass is 9.56. The first-order valence-electron chi connectivity index (χ1n) is 15.1. The smallest absolute Gasteiger partial charge is 0.526 e. The SMILES string of the molecule is CC(C)(C)c1cc(C(C)(C)C)c2c(c1)C(C)(C)c1ccccc1-c1c(-c3ccccc3)nc3n1B2Oc1ccccc1-3. The highest BCUT2D eigenvalue weighted by molar-refractivity contribution is 6.69. The van der Waals surface area contributed by atoms with Crippen LogP contribution >= 0.6 is 0 Å². The van der Waals surface area contributed by atoms with Gasteiger partial charge in [-0.15, -0.1) is 0 Å². The minimum Gasteiger partial charge on any atom is -0.537 e. The zero-order valence-corrected chi connectivity index (χ0v) is 26.0. The van der Waals surface area contributed by atoms with Gasteiger partial charge in [-0.05, 0) is 50.7 Å². The average molecular weight is 551 g/mol. The van der Waals surface area contributed by atoms with Gasteiger partial charge in [-0.1, -0.05) is 134 Å². The number of imidazole rings is 1. The molecule has 0 aliphatic carbocycles. The number of aromatic nitrogens is 2. The summed E-state index contributed by atoms with van der Waals surface area (Å²) in [5, 5.41) is 0. The molecule has 42 heavy (non-hydrogen) atoms. The van der Waals surface area contributed by atoms with Crippen LogP contribution in [-0.2, 0) is 16.2 Å². The second kappa shape index (κ2) is 8.98. The van der Waals surface area contributed by atoms with Gasteiger partial charge in [-0.2, -0.15) is 0 Å². The molecule has 0 bridgehead atoms. The standard InChI is InChI=1S/C38H39BN2O/c1-36(2,3)25-22-29(37(4,5)6)32-30(23-25)38(7,8)28-20-14-12-18-26(28)34-33(24-16-10-9-11-17-24)40-35-27-19-13-15-21-31(27)42-39(32)41(34)35/h9-23H,1-8H3. The molecule has 4 aromatic carbocycles. The van der Waals surface area contributed by atoms with Crippen LogP contribution in [-0.4, -0.2) is 16.5 Å². The largest absolute Gasteiger partial charge is 0.537 e. The monoisotopic (exact) mass is 550 g/mol. The fourth-order valence-corrected chi connectivity index (χ4v) is 6.89. The molecular formula is C38H39BN2O. The maximum absolute atomic E-state index is 7.14. The van der Waals surface area contributed by atoms with Gasteiger partial charge in [0.05, 0.1) is 17.0 Å². The van der Waals surface area contributed by atoms with E-state index in [9.17, 15) is 0 Å². The van der Waals surface area contributed by atoms with E-state index in [1.807, 2.05) is 0 Å². The van der Waals surface area contributed by atoms with Crippen molar-refractivity contribution in [1.29, 1.82) is 0 Å². The fourth-order valence-electron chi connectivity index (χ4n) is 6.89. The first kappa shape index (κ1) is 26.8. The van der Waals surface area contributed by atoms with E-state index in [-0.39, 0.29) is 23.3 Å². The van der Waals surface area contributed by atoms with Crippen LogP contribution in [0.15, 0.2) is 91.0 Å². The van der Waals surface area contributed by atoms with Crippen molar-refractivity contribution >= 4 is 12.5 Å². The Balaban J connectivity index is 1.71. The van der Waals surface area contributed by atoms with Crippen molar-refractivity contribution in [2.45, 2.75) is 71.6 Å². The molecule has 0 saturated heterocycles. The number of para-hydroxylation sites is 1. The number of hydrogen-bond donors (Lipinski definition) is 0. The van der Waals surface area contributed by atoms with Gasteiger partial charge in [0.1, 0.15) is 11.6 Å². The van der Waals surface area contributed by atoms with Crippen molar-refractivity contribution in [1.82, 2.24) is 9.46 Å². The first-order valence-corrected chi connectivity index (χ1v) is 15.1. The van der Waals surface area contributed by atoms with E-state index in [2.05, 4.69) is 151 Å². The molecule has 0 saturated carbocycles. The van der Waals surface area contributed by atoms with Crippen LogP contribution in [0.4, 0.5) is 0 Å². The molecule has 0 amide bonds. The van der Waals surface area contributed by atoms with E-state index in [0.717, 1.165) is 34.1 Å². The number of fused-ring (bicyclic) bond motifs is 6. The van der Waals surface area contributed by atoms with E-state index in [0.29, 0.717) is 0 Å². The van der Waals surface area contributed by atoms with Crippen molar-refractivity contribution in [3.05, 3.63) is 113 Å². The quantitative estimate of drug-likeness (QED) is 0.195. The summed E-state index contributed by atoms with van der Waals surface area (Å²) in [6.07, 6.45) is 0. The summed E-state index contributed by atoms with van der Waals surface area (Å²) in [5.41, 5.74) is 11.6. The van der Waals surface area contributed by atoms with Crippen molar-refractivity contribution in [2.75, 3.05) is 0 Å². The molecule has 7 rings (SSSR count). The Labute approximate surface area is 250 Å². The Morgan fingerprint density at radius 2 is 1.36 bits per heavy atom. The molecule has 0 atom stereocenters. The predicted octanol–water partition coefficient (Wildman–Crippen LogP) is 8.75. The number of benzene rings is 4. The molecule has 0 radical (unpaired) electrons. The van der Waals surface area contributed by atoms with Gasteiger partial charge in [0.25, 0.3) is 0 Å². The summed E-state index contributed by atoms with van der Waals surface area (Å²) in [6, 6.07) is 32.8. The lowest BCUT2D eigenvalue weighted by Gasteiger charge is -2.40. The molecule has 2 aliphatic heterocycles. The van der Waals surface area contributed by atoms with Crippen LogP contribution in [0, 0.1) is 0 Å². The highest BCUT2D eigenvalue weighted by atomic mass is 16.4. The summed E-state index contributed by atoms with van der Waals surface area (Å²) >= 11 is 0. The van der Waals surface area contributed by atoms with Crippen LogP contribution in [0.2, 0.25) is 0 Å². The van der Waals surface area contributed by atoms with Crippen LogP contribution in [0.1, 0.15) is 77.6 Å². The Bertz CT molecular complexity index is 1850. The van der Waals surface area contributed by atoms with E-state index in [1.165, 1.54) is 33.3 Å². The predicted molar refractivity (Wildman–Crippen MR) is 176 cm³/mol. The van der Waals surface area contributed by atoms with Gasteiger partial charge in [0, 0.05) is 16.5 Å². The van der Waals surface area contributed by atoms with Crippen LogP contribution in [0.25, 0.3) is 33.9 Å². The van der Waals surface area contributed by atoms with Crippen molar-refractivity contribution in [3.8, 4) is 39.7 Å². The summed E-state index contributed by atoms with van der Waals surface area (Å²) in [6.45, 7) is 18.7. The molecule has 0 unspecified atom stereocenters. The van der Waals surface area contributed by atoms with Crippen molar-refractivity contribution in [3.63, 3.8) is 0 Å². The fraction of sp³-hybridized carbons (Fsp3) is 0.289. The summed E-state index contributed by atoms with van der Waals surface area (Å²) in [4.78, 5) is 5.46. The Kier molecular flexibility index (Phi) is 5.73. The van der Waals surface area contributed by atoms with Crippen molar-refractivity contribution < 1.29 is 4.65 Å². The third-order valence-electron chi connectivity index (χ3n) is 9.19. The Hall–Kier alpha value is -4.05. The van der Waals surface area contributed by atoms with Crippen molar-refractivity contribution in [2.24, 2.45) is 0 Å². The van der Waals surface area contributed by atoms with Gasteiger partial charge in [0.2, 0.25) is 0 Å². The lowest BCUT2D eigenvalue weighted by Crippen LogP contribution is -2.54. The second-order valence-corrected chi connectivity index (χ2v) is 14.5. The van der Waals surface area contributed by atoms with Crippen LogP contribution < -0.4 is 10.1 Å². The molecule has 0 spiro atoms. The molecular weight excluding hydrogens is 511 g/mol. The van der Waals surface area contributed by atoms with E-state index < -0.39 is 0 Å². The summed E-state index contributed by atoms with van der Waals surface area (Å²) in [5.74, 6) is 1.83. The number of nitrogens with zero attached hydrogens (tertiary/aromatic N) is 2. The van der Waals surface area contributed by atoms with E-state index >= 15 is 0 Å². The van der Waals surface area contributed by atoms with Crippen LogP contribution in [0.3, 0.4) is 0 Å². The van der Waals surface area contributed by atoms with Gasteiger partial charge in [0.15, 0.2) is 0 Å². The number of rotatable bonds is 1. The number of hydrogen-bond acceptors (Lipinski definition) is 2. The maximum Gasteiger partial charge on any atom is 0.526 e. The third-order valence-corrected chi connectivity index (χ3v) is 9.19. The molecule has 3 nitrogen and oxygen atoms in total. The summed E-state index contributed by atoms with van der Waals surface area (Å²) < 4.78 is 9.54. The first-order chi connectivity index (χ1) is 19.9. The van der Waals surface area contributed by atoms with E-state index in [4.69, 9.17) is 9.64 Å². The molecule has 0 N–H and O–H groups in total. The molecule has 0 fully saturated rings.